The van der Waals surface area contributed by atoms with Crippen LogP contribution in [0.15, 0.2) is 28.9 Å². The molecule has 1 N–H and O–H groups in total. The Bertz CT molecular complexity index is 671. The van der Waals surface area contributed by atoms with E-state index in [2.05, 4.69) is 10.2 Å². The Kier molecular flexibility index (Phi) is 4.31. The number of aromatic nitrogens is 2. The van der Waals surface area contributed by atoms with E-state index in [9.17, 15) is 9.59 Å². The lowest BCUT2D eigenvalue weighted by Crippen LogP contribution is -2.50. The largest absolute Gasteiger partial charge is 0.463 e. The molecule has 1 fully saturated rings. The first-order valence-corrected chi connectivity index (χ1v) is 7.49. The summed E-state index contributed by atoms with van der Waals surface area (Å²) in [6.07, 6.45) is 1.23. The van der Waals surface area contributed by atoms with Crippen molar-refractivity contribution in [3.05, 3.63) is 30.2 Å². The number of rotatable bonds is 3. The molecule has 3 heterocycles. The standard InChI is InChI=1S/C15H18N4O4/c1-2-22-15(21)19-7-5-18(6-8-19)14(20)12-10-11(16-17-12)13-4-3-9-23-13/h3-4,9-10H,2,5-8H2,1H3,(H,16,17). The smallest absolute Gasteiger partial charge is 0.409 e. The first kappa shape index (κ1) is 15.1. The molecule has 8 heteroatoms. The number of amides is 2. The molecule has 1 aliphatic heterocycles. The van der Waals surface area contributed by atoms with Gasteiger partial charge in [-0.2, -0.15) is 5.10 Å². The zero-order chi connectivity index (χ0) is 16.2. The van der Waals surface area contributed by atoms with Crippen molar-refractivity contribution in [3.63, 3.8) is 0 Å². The molecular formula is C15H18N4O4. The minimum atomic E-state index is -0.334. The van der Waals surface area contributed by atoms with E-state index < -0.39 is 0 Å². The van der Waals surface area contributed by atoms with Crippen molar-refractivity contribution in [3.8, 4) is 11.5 Å². The molecular weight excluding hydrogens is 300 g/mol. The fourth-order valence-electron chi connectivity index (χ4n) is 2.46. The van der Waals surface area contributed by atoms with Crippen molar-refractivity contribution in [2.75, 3.05) is 32.8 Å². The fourth-order valence-corrected chi connectivity index (χ4v) is 2.46. The SMILES string of the molecule is CCOC(=O)N1CCN(C(=O)c2cc(-c3ccco3)[nH]n2)CC1. The molecule has 0 spiro atoms. The van der Waals surface area contributed by atoms with Crippen LogP contribution in [0.5, 0.6) is 0 Å². The average Bonchev–Trinajstić information content (AvgIpc) is 3.25. The summed E-state index contributed by atoms with van der Waals surface area (Å²) in [5.41, 5.74) is 0.990. The number of aromatic amines is 1. The highest BCUT2D eigenvalue weighted by atomic mass is 16.6. The van der Waals surface area contributed by atoms with E-state index in [1.54, 1.807) is 41.2 Å². The Morgan fingerprint density at radius 1 is 1.30 bits per heavy atom. The molecule has 122 valence electrons. The van der Waals surface area contributed by atoms with Crippen molar-refractivity contribution in [2.45, 2.75) is 6.92 Å². The van der Waals surface area contributed by atoms with E-state index in [1.807, 2.05) is 0 Å². The maximum atomic E-state index is 12.5. The zero-order valence-corrected chi connectivity index (χ0v) is 12.8. The fraction of sp³-hybridized carbons (Fsp3) is 0.400. The Labute approximate surface area is 133 Å². The molecule has 8 nitrogen and oxygen atoms in total. The molecule has 2 aromatic heterocycles. The molecule has 0 aliphatic carbocycles. The van der Waals surface area contributed by atoms with E-state index in [4.69, 9.17) is 9.15 Å². The predicted molar refractivity (Wildman–Crippen MR) is 80.8 cm³/mol. The third-order valence-electron chi connectivity index (χ3n) is 3.68. The zero-order valence-electron chi connectivity index (χ0n) is 12.8. The number of H-pyrrole nitrogens is 1. The molecule has 1 saturated heterocycles. The van der Waals surface area contributed by atoms with Crippen molar-refractivity contribution < 1.29 is 18.7 Å². The molecule has 0 saturated carbocycles. The highest BCUT2D eigenvalue weighted by Crippen LogP contribution is 2.19. The van der Waals surface area contributed by atoms with E-state index in [-0.39, 0.29) is 12.0 Å². The van der Waals surface area contributed by atoms with Gasteiger partial charge in [0.2, 0.25) is 0 Å². The van der Waals surface area contributed by atoms with Crippen LogP contribution >= 0.6 is 0 Å². The number of nitrogens with one attached hydrogen (secondary N) is 1. The van der Waals surface area contributed by atoms with Crippen molar-refractivity contribution >= 4 is 12.0 Å². The van der Waals surface area contributed by atoms with Crippen LogP contribution in [-0.4, -0.2) is 64.8 Å². The van der Waals surface area contributed by atoms with Crippen LogP contribution in [0.1, 0.15) is 17.4 Å². The van der Waals surface area contributed by atoms with Crippen LogP contribution < -0.4 is 0 Å². The summed E-state index contributed by atoms with van der Waals surface area (Å²) in [7, 11) is 0. The molecule has 2 aromatic rings. The van der Waals surface area contributed by atoms with E-state index in [1.165, 1.54) is 0 Å². The van der Waals surface area contributed by atoms with Crippen LogP contribution in [0, 0.1) is 0 Å². The number of hydrogen-bond donors (Lipinski definition) is 1. The lowest BCUT2D eigenvalue weighted by Gasteiger charge is -2.33. The minimum absolute atomic E-state index is 0.164. The topological polar surface area (TPSA) is 91.7 Å². The maximum Gasteiger partial charge on any atom is 0.409 e. The number of carbonyl (C=O) groups is 2. The lowest BCUT2D eigenvalue weighted by atomic mass is 10.2. The highest BCUT2D eigenvalue weighted by molar-refractivity contribution is 5.93. The van der Waals surface area contributed by atoms with Gasteiger partial charge in [0, 0.05) is 32.2 Å². The number of ether oxygens (including phenoxy) is 1. The quantitative estimate of drug-likeness (QED) is 0.927. The predicted octanol–water partition coefficient (Wildman–Crippen LogP) is 1.58. The monoisotopic (exact) mass is 318 g/mol. The van der Waals surface area contributed by atoms with Gasteiger partial charge in [-0.25, -0.2) is 4.79 Å². The Balaban J connectivity index is 1.60. The van der Waals surface area contributed by atoms with Gasteiger partial charge in [-0.3, -0.25) is 9.89 Å². The van der Waals surface area contributed by atoms with Gasteiger partial charge in [-0.15, -0.1) is 0 Å². The number of nitrogens with zero attached hydrogens (tertiary/aromatic N) is 3. The summed E-state index contributed by atoms with van der Waals surface area (Å²) >= 11 is 0. The molecule has 0 unspecified atom stereocenters. The number of carbonyl (C=O) groups excluding carboxylic acids is 2. The highest BCUT2D eigenvalue weighted by Gasteiger charge is 2.26. The number of piperazine rings is 1. The van der Waals surface area contributed by atoms with E-state index >= 15 is 0 Å². The average molecular weight is 318 g/mol. The summed E-state index contributed by atoms with van der Waals surface area (Å²) in [5, 5.41) is 6.85. The summed E-state index contributed by atoms with van der Waals surface area (Å²) in [5.74, 6) is 0.464. The summed E-state index contributed by atoms with van der Waals surface area (Å²) in [6, 6.07) is 5.23. The maximum absolute atomic E-state index is 12.5. The van der Waals surface area contributed by atoms with Gasteiger partial charge in [-0.1, -0.05) is 0 Å². The molecule has 0 radical (unpaired) electrons. The van der Waals surface area contributed by atoms with Crippen LogP contribution in [0.3, 0.4) is 0 Å². The summed E-state index contributed by atoms with van der Waals surface area (Å²) in [6.45, 7) is 3.95. The minimum Gasteiger partial charge on any atom is -0.463 e. The molecule has 23 heavy (non-hydrogen) atoms. The lowest BCUT2D eigenvalue weighted by molar-refractivity contribution is 0.0566. The van der Waals surface area contributed by atoms with Crippen LogP contribution in [0.25, 0.3) is 11.5 Å². The molecule has 0 bridgehead atoms. The summed E-state index contributed by atoms with van der Waals surface area (Å²) in [4.78, 5) is 27.4. The van der Waals surface area contributed by atoms with E-state index in [0.717, 1.165) is 0 Å². The van der Waals surface area contributed by atoms with Gasteiger partial charge in [0.1, 0.15) is 5.69 Å². The first-order valence-electron chi connectivity index (χ1n) is 7.49. The second kappa shape index (κ2) is 6.55. The van der Waals surface area contributed by atoms with Crippen molar-refractivity contribution in [2.24, 2.45) is 0 Å². The second-order valence-electron chi connectivity index (χ2n) is 5.12. The van der Waals surface area contributed by atoms with Crippen molar-refractivity contribution in [1.82, 2.24) is 20.0 Å². The molecule has 0 atom stereocenters. The van der Waals surface area contributed by atoms with Crippen LogP contribution in [0.4, 0.5) is 4.79 Å². The first-order chi connectivity index (χ1) is 11.2. The third-order valence-corrected chi connectivity index (χ3v) is 3.68. The summed E-state index contributed by atoms with van der Waals surface area (Å²) < 4.78 is 10.2. The van der Waals surface area contributed by atoms with Gasteiger partial charge in [0.25, 0.3) is 5.91 Å². The molecule has 1 aliphatic rings. The van der Waals surface area contributed by atoms with E-state index in [0.29, 0.717) is 49.9 Å². The second-order valence-corrected chi connectivity index (χ2v) is 5.12. The Morgan fingerprint density at radius 3 is 2.70 bits per heavy atom. The van der Waals surface area contributed by atoms with Gasteiger partial charge in [0.05, 0.1) is 12.9 Å². The number of hydrogen-bond acceptors (Lipinski definition) is 5. The molecule has 3 rings (SSSR count). The normalized spacial score (nSPS) is 14.8. The number of furan rings is 1. The van der Waals surface area contributed by atoms with Crippen LogP contribution in [0.2, 0.25) is 0 Å². The van der Waals surface area contributed by atoms with Gasteiger partial charge >= 0.3 is 6.09 Å². The third kappa shape index (κ3) is 3.20. The van der Waals surface area contributed by atoms with Gasteiger partial charge < -0.3 is 19.0 Å². The van der Waals surface area contributed by atoms with Crippen molar-refractivity contribution in [1.29, 1.82) is 0 Å². The Morgan fingerprint density at radius 2 is 2.04 bits per heavy atom. The van der Waals surface area contributed by atoms with Gasteiger partial charge in [0.15, 0.2) is 11.5 Å². The Hall–Kier alpha value is -2.77. The van der Waals surface area contributed by atoms with Crippen LogP contribution in [-0.2, 0) is 4.74 Å². The molecule has 0 aromatic carbocycles. The van der Waals surface area contributed by atoms with Gasteiger partial charge in [-0.05, 0) is 19.1 Å². The molecule has 2 amide bonds.